The van der Waals surface area contributed by atoms with Crippen molar-refractivity contribution < 1.29 is 22.7 Å². The number of esters is 1. The lowest BCUT2D eigenvalue weighted by Gasteiger charge is -2.11. The van der Waals surface area contributed by atoms with E-state index in [4.69, 9.17) is 4.74 Å². The zero-order valence-corrected chi connectivity index (χ0v) is 12.9. The zero-order valence-electron chi connectivity index (χ0n) is 12.1. The van der Waals surface area contributed by atoms with Crippen molar-refractivity contribution in [3.8, 4) is 5.75 Å². The summed E-state index contributed by atoms with van der Waals surface area (Å²) in [6.45, 7) is 0. The largest absolute Gasteiger partial charge is 0.497 e. The molecular formula is C15H15NO5S. The number of anilines is 1. The molecule has 2 aromatic carbocycles. The number of carbonyl (C=O) groups is 1. The van der Waals surface area contributed by atoms with Crippen molar-refractivity contribution in [2.75, 3.05) is 18.9 Å². The van der Waals surface area contributed by atoms with Crippen LogP contribution in [-0.4, -0.2) is 28.6 Å². The van der Waals surface area contributed by atoms with Crippen molar-refractivity contribution in [2.45, 2.75) is 4.90 Å². The molecule has 116 valence electrons. The van der Waals surface area contributed by atoms with Crippen molar-refractivity contribution >= 4 is 21.7 Å². The van der Waals surface area contributed by atoms with E-state index in [0.29, 0.717) is 5.75 Å². The molecule has 0 aliphatic rings. The Hall–Kier alpha value is -2.54. The third kappa shape index (κ3) is 3.37. The van der Waals surface area contributed by atoms with Crippen LogP contribution in [0, 0.1) is 0 Å². The molecule has 0 radical (unpaired) electrons. The third-order valence-corrected chi connectivity index (χ3v) is 4.33. The fourth-order valence-corrected chi connectivity index (χ4v) is 2.90. The average molecular weight is 321 g/mol. The second-order valence-electron chi connectivity index (χ2n) is 4.32. The fraction of sp³-hybridized carbons (Fsp3) is 0.133. The number of benzene rings is 2. The Kier molecular flexibility index (Phi) is 4.67. The molecule has 0 aliphatic heterocycles. The maximum absolute atomic E-state index is 12.4. The van der Waals surface area contributed by atoms with E-state index in [9.17, 15) is 13.2 Å². The standard InChI is InChI=1S/C15H15NO5S/c1-20-11-7-9-12(10-8-11)22(18,19)16-14-6-4-3-5-13(14)15(17)21-2/h3-10,16H,1-2H3. The minimum atomic E-state index is -3.82. The number of ether oxygens (including phenoxy) is 2. The average Bonchev–Trinajstić information content (AvgIpc) is 2.54. The van der Waals surface area contributed by atoms with Crippen molar-refractivity contribution in [1.29, 1.82) is 0 Å². The first kappa shape index (κ1) is 15.8. The van der Waals surface area contributed by atoms with Crippen LogP contribution in [0.5, 0.6) is 5.75 Å². The number of para-hydroxylation sites is 1. The van der Waals surface area contributed by atoms with Crippen molar-refractivity contribution in [3.05, 3.63) is 54.1 Å². The Balaban J connectivity index is 2.34. The summed E-state index contributed by atoms with van der Waals surface area (Å²) in [4.78, 5) is 11.7. The molecule has 0 saturated heterocycles. The van der Waals surface area contributed by atoms with Gasteiger partial charge in [-0.3, -0.25) is 4.72 Å². The number of rotatable bonds is 5. The Morgan fingerprint density at radius 3 is 2.23 bits per heavy atom. The number of carbonyl (C=O) groups excluding carboxylic acids is 1. The molecule has 0 heterocycles. The first-order chi connectivity index (χ1) is 10.5. The van der Waals surface area contributed by atoms with Gasteiger partial charge in [-0.1, -0.05) is 12.1 Å². The van der Waals surface area contributed by atoms with E-state index in [1.165, 1.54) is 38.5 Å². The first-order valence-electron chi connectivity index (χ1n) is 6.32. The molecule has 1 N–H and O–H groups in total. The van der Waals surface area contributed by atoms with Crippen molar-refractivity contribution in [3.63, 3.8) is 0 Å². The minimum Gasteiger partial charge on any atom is -0.497 e. The molecule has 6 nitrogen and oxygen atoms in total. The predicted molar refractivity (Wildman–Crippen MR) is 81.6 cm³/mol. The van der Waals surface area contributed by atoms with Gasteiger partial charge < -0.3 is 9.47 Å². The summed E-state index contributed by atoms with van der Waals surface area (Å²) in [7, 11) is -1.09. The van der Waals surface area contributed by atoms with Crippen LogP contribution >= 0.6 is 0 Å². The van der Waals surface area contributed by atoms with Gasteiger partial charge in [-0.15, -0.1) is 0 Å². The monoisotopic (exact) mass is 321 g/mol. The van der Waals surface area contributed by atoms with Crippen LogP contribution in [0.25, 0.3) is 0 Å². The fourth-order valence-electron chi connectivity index (χ4n) is 1.82. The van der Waals surface area contributed by atoms with Gasteiger partial charge >= 0.3 is 5.97 Å². The normalized spacial score (nSPS) is 10.8. The maximum Gasteiger partial charge on any atom is 0.339 e. The van der Waals surface area contributed by atoms with Crippen LogP contribution in [-0.2, 0) is 14.8 Å². The second kappa shape index (κ2) is 6.48. The van der Waals surface area contributed by atoms with Crippen LogP contribution in [0.2, 0.25) is 0 Å². The Morgan fingerprint density at radius 2 is 1.64 bits per heavy atom. The Bertz CT molecular complexity index is 769. The SMILES string of the molecule is COC(=O)c1ccccc1NS(=O)(=O)c1ccc(OC)cc1. The Morgan fingerprint density at radius 1 is 1.00 bits per heavy atom. The molecule has 0 aliphatic carbocycles. The van der Waals surface area contributed by atoms with E-state index in [2.05, 4.69) is 9.46 Å². The van der Waals surface area contributed by atoms with Gasteiger partial charge in [0.2, 0.25) is 0 Å². The summed E-state index contributed by atoms with van der Waals surface area (Å²) in [5, 5.41) is 0. The van der Waals surface area contributed by atoms with Gasteiger partial charge in [0.15, 0.2) is 0 Å². The van der Waals surface area contributed by atoms with Gasteiger partial charge in [0.25, 0.3) is 10.0 Å². The molecular weight excluding hydrogens is 306 g/mol. The van der Waals surface area contributed by atoms with Gasteiger partial charge in [0.1, 0.15) is 5.75 Å². The van der Waals surface area contributed by atoms with Gasteiger partial charge in [-0.05, 0) is 36.4 Å². The summed E-state index contributed by atoms with van der Waals surface area (Å²) in [5.41, 5.74) is 0.298. The molecule has 0 amide bonds. The van der Waals surface area contributed by atoms with Crippen molar-refractivity contribution in [1.82, 2.24) is 0 Å². The van der Waals surface area contributed by atoms with E-state index in [-0.39, 0.29) is 16.1 Å². The number of hydrogen-bond donors (Lipinski definition) is 1. The molecule has 2 aromatic rings. The molecule has 0 atom stereocenters. The first-order valence-corrected chi connectivity index (χ1v) is 7.80. The summed E-state index contributed by atoms with van der Waals surface area (Å²) >= 11 is 0. The van der Waals surface area contributed by atoms with E-state index < -0.39 is 16.0 Å². The lowest BCUT2D eigenvalue weighted by Crippen LogP contribution is -2.16. The maximum atomic E-state index is 12.4. The Labute approximate surface area is 128 Å². The summed E-state index contributed by atoms with van der Waals surface area (Å²) in [6, 6.07) is 12.1. The second-order valence-corrected chi connectivity index (χ2v) is 6.00. The molecule has 0 spiro atoms. The van der Waals surface area contributed by atoms with E-state index in [1.54, 1.807) is 24.3 Å². The smallest absolute Gasteiger partial charge is 0.339 e. The molecule has 0 unspecified atom stereocenters. The van der Waals surface area contributed by atoms with Crippen LogP contribution in [0.15, 0.2) is 53.4 Å². The highest BCUT2D eigenvalue weighted by atomic mass is 32.2. The number of hydrogen-bond acceptors (Lipinski definition) is 5. The molecule has 7 heteroatoms. The van der Waals surface area contributed by atoms with Crippen LogP contribution in [0.4, 0.5) is 5.69 Å². The lowest BCUT2D eigenvalue weighted by molar-refractivity contribution is 0.0602. The van der Waals surface area contributed by atoms with Crippen LogP contribution < -0.4 is 9.46 Å². The number of nitrogens with one attached hydrogen (secondary N) is 1. The van der Waals surface area contributed by atoms with Gasteiger partial charge in [-0.25, -0.2) is 13.2 Å². The highest BCUT2D eigenvalue weighted by Crippen LogP contribution is 2.22. The third-order valence-electron chi connectivity index (χ3n) is 2.95. The van der Waals surface area contributed by atoms with Crippen LogP contribution in [0.1, 0.15) is 10.4 Å². The summed E-state index contributed by atoms with van der Waals surface area (Å²) < 4.78 is 36.7. The van der Waals surface area contributed by atoms with Gasteiger partial charge in [0.05, 0.1) is 30.4 Å². The number of sulfonamides is 1. The summed E-state index contributed by atoms with van der Waals surface area (Å²) in [6.07, 6.45) is 0. The van der Waals surface area contributed by atoms with Crippen LogP contribution in [0.3, 0.4) is 0 Å². The topological polar surface area (TPSA) is 81.7 Å². The highest BCUT2D eigenvalue weighted by molar-refractivity contribution is 7.92. The molecule has 0 fully saturated rings. The van der Waals surface area contributed by atoms with E-state index >= 15 is 0 Å². The van der Waals surface area contributed by atoms with Gasteiger partial charge in [0, 0.05) is 0 Å². The summed E-state index contributed by atoms with van der Waals surface area (Å²) in [5.74, 6) is -0.0676. The quantitative estimate of drug-likeness (QED) is 0.854. The number of methoxy groups -OCH3 is 2. The minimum absolute atomic E-state index is 0.0629. The van der Waals surface area contributed by atoms with Crippen molar-refractivity contribution in [2.24, 2.45) is 0 Å². The van der Waals surface area contributed by atoms with E-state index in [1.807, 2.05) is 0 Å². The highest BCUT2D eigenvalue weighted by Gasteiger charge is 2.18. The van der Waals surface area contributed by atoms with E-state index in [0.717, 1.165) is 0 Å². The molecule has 22 heavy (non-hydrogen) atoms. The molecule has 2 rings (SSSR count). The lowest BCUT2D eigenvalue weighted by atomic mass is 10.2. The zero-order chi connectivity index (χ0) is 16.2. The molecule has 0 aromatic heterocycles. The molecule has 0 bridgehead atoms. The molecule has 0 saturated carbocycles. The predicted octanol–water partition coefficient (Wildman–Crippen LogP) is 2.28. The van der Waals surface area contributed by atoms with Gasteiger partial charge in [-0.2, -0.15) is 0 Å².